The van der Waals surface area contributed by atoms with Crippen molar-refractivity contribution in [1.29, 1.82) is 0 Å². The van der Waals surface area contributed by atoms with Crippen LogP contribution in [0.25, 0.3) is 0 Å². The first-order valence-corrected chi connectivity index (χ1v) is 5.90. The van der Waals surface area contributed by atoms with Crippen LogP contribution in [-0.2, 0) is 9.59 Å². The fraction of sp³-hybridized carbons (Fsp3) is 0.250. The van der Waals surface area contributed by atoms with Crippen LogP contribution in [0.1, 0.15) is 16.8 Å². The van der Waals surface area contributed by atoms with Crippen molar-refractivity contribution in [2.75, 3.05) is 11.4 Å². The Morgan fingerprint density at radius 3 is 2.63 bits per heavy atom. The van der Waals surface area contributed by atoms with Gasteiger partial charge in [-0.05, 0) is 18.2 Å². The summed E-state index contributed by atoms with van der Waals surface area (Å²) >= 11 is 5.74. The summed E-state index contributed by atoms with van der Waals surface area (Å²) in [5, 5.41) is 9.39. The van der Waals surface area contributed by atoms with Gasteiger partial charge in [-0.25, -0.2) is 4.79 Å². The molecule has 1 aliphatic heterocycles. The zero-order valence-electron chi connectivity index (χ0n) is 9.80. The predicted octanol–water partition coefficient (Wildman–Crippen LogP) is 0.876. The van der Waals surface area contributed by atoms with E-state index in [4.69, 9.17) is 22.4 Å². The lowest BCUT2D eigenvalue weighted by atomic mass is 10.1. The van der Waals surface area contributed by atoms with Crippen LogP contribution in [0.4, 0.5) is 5.69 Å². The molecule has 0 bridgehead atoms. The van der Waals surface area contributed by atoms with Gasteiger partial charge in [0.2, 0.25) is 11.8 Å². The van der Waals surface area contributed by atoms with E-state index in [2.05, 4.69) is 0 Å². The number of benzene rings is 1. The molecule has 0 aliphatic carbocycles. The lowest BCUT2D eigenvalue weighted by Crippen LogP contribution is -2.29. The standard InChI is InChI=1S/C12H11ClN2O4/c13-7-1-2-9(8(4-7)12(18)19)15-5-6(11(14)17)3-10(15)16/h1-2,4,6H,3,5H2,(H2,14,17)(H,18,19). The number of anilines is 1. The summed E-state index contributed by atoms with van der Waals surface area (Å²) in [4.78, 5) is 35.4. The maximum atomic E-state index is 11.8. The molecular weight excluding hydrogens is 272 g/mol. The van der Waals surface area contributed by atoms with E-state index in [9.17, 15) is 14.4 Å². The molecule has 1 heterocycles. The molecule has 6 nitrogen and oxygen atoms in total. The number of rotatable bonds is 3. The van der Waals surface area contributed by atoms with E-state index in [1.165, 1.54) is 23.1 Å². The van der Waals surface area contributed by atoms with Gasteiger partial charge < -0.3 is 15.7 Å². The number of carbonyl (C=O) groups excluding carboxylic acids is 2. The van der Waals surface area contributed by atoms with Gasteiger partial charge >= 0.3 is 5.97 Å². The van der Waals surface area contributed by atoms with Crippen molar-refractivity contribution >= 4 is 35.1 Å². The molecule has 0 saturated carbocycles. The highest BCUT2D eigenvalue weighted by molar-refractivity contribution is 6.31. The summed E-state index contributed by atoms with van der Waals surface area (Å²) in [6, 6.07) is 4.21. The molecule has 1 saturated heterocycles. The Bertz CT molecular complexity index is 573. The Kier molecular flexibility index (Phi) is 3.44. The molecular formula is C12H11ClN2O4. The van der Waals surface area contributed by atoms with Crippen molar-refractivity contribution in [3.63, 3.8) is 0 Å². The van der Waals surface area contributed by atoms with E-state index < -0.39 is 17.8 Å². The SMILES string of the molecule is NC(=O)C1CC(=O)N(c2ccc(Cl)cc2C(=O)O)C1. The van der Waals surface area contributed by atoms with Crippen molar-refractivity contribution in [2.45, 2.75) is 6.42 Å². The minimum Gasteiger partial charge on any atom is -0.478 e. The molecule has 3 N–H and O–H groups in total. The zero-order valence-corrected chi connectivity index (χ0v) is 10.6. The van der Waals surface area contributed by atoms with Crippen LogP contribution in [-0.4, -0.2) is 29.4 Å². The number of carboxylic acids is 1. The largest absolute Gasteiger partial charge is 0.478 e. The van der Waals surface area contributed by atoms with E-state index in [1.54, 1.807) is 0 Å². The summed E-state index contributed by atoms with van der Waals surface area (Å²) in [5.74, 6) is -2.67. The zero-order chi connectivity index (χ0) is 14.2. The number of primary amides is 1. The lowest BCUT2D eigenvalue weighted by Gasteiger charge is -2.18. The van der Waals surface area contributed by atoms with Gasteiger partial charge in [-0.2, -0.15) is 0 Å². The molecule has 1 atom stereocenters. The van der Waals surface area contributed by atoms with Crippen LogP contribution in [0.2, 0.25) is 5.02 Å². The molecule has 0 spiro atoms. The summed E-state index contributed by atoms with van der Waals surface area (Å²) in [6.45, 7) is 0.0933. The third kappa shape index (κ3) is 2.53. The average Bonchev–Trinajstić information content (AvgIpc) is 2.71. The van der Waals surface area contributed by atoms with Crippen molar-refractivity contribution in [3.8, 4) is 0 Å². The number of amides is 2. The van der Waals surface area contributed by atoms with Crippen molar-refractivity contribution in [1.82, 2.24) is 0 Å². The summed E-state index contributed by atoms with van der Waals surface area (Å²) in [5.41, 5.74) is 5.32. The number of carbonyl (C=O) groups is 3. The number of carboxylic acid groups (broad SMARTS) is 1. The summed E-state index contributed by atoms with van der Waals surface area (Å²) in [6.07, 6.45) is -0.00296. The molecule has 2 amide bonds. The van der Waals surface area contributed by atoms with Gasteiger partial charge in [-0.3, -0.25) is 9.59 Å². The highest BCUT2D eigenvalue weighted by Gasteiger charge is 2.35. The smallest absolute Gasteiger partial charge is 0.337 e. The van der Waals surface area contributed by atoms with Gasteiger partial charge in [0, 0.05) is 18.0 Å². The molecule has 1 aromatic carbocycles. The van der Waals surface area contributed by atoms with E-state index in [1.807, 2.05) is 0 Å². The Hall–Kier alpha value is -2.08. The first-order chi connectivity index (χ1) is 8.90. The molecule has 1 aromatic rings. The van der Waals surface area contributed by atoms with Crippen LogP contribution in [0.5, 0.6) is 0 Å². The van der Waals surface area contributed by atoms with Gasteiger partial charge in [-0.15, -0.1) is 0 Å². The minimum atomic E-state index is -1.19. The third-order valence-corrected chi connectivity index (χ3v) is 3.24. The number of hydrogen-bond donors (Lipinski definition) is 2. The monoisotopic (exact) mass is 282 g/mol. The predicted molar refractivity (Wildman–Crippen MR) is 68.1 cm³/mol. The molecule has 0 aromatic heterocycles. The van der Waals surface area contributed by atoms with E-state index in [0.29, 0.717) is 0 Å². The molecule has 1 unspecified atom stereocenters. The number of hydrogen-bond acceptors (Lipinski definition) is 3. The first-order valence-electron chi connectivity index (χ1n) is 5.52. The van der Waals surface area contributed by atoms with E-state index in [0.717, 1.165) is 0 Å². The fourth-order valence-electron chi connectivity index (χ4n) is 2.05. The highest BCUT2D eigenvalue weighted by atomic mass is 35.5. The first kappa shape index (κ1) is 13.4. The highest BCUT2D eigenvalue weighted by Crippen LogP contribution is 2.30. The second-order valence-electron chi connectivity index (χ2n) is 4.27. The second-order valence-corrected chi connectivity index (χ2v) is 4.71. The molecule has 19 heavy (non-hydrogen) atoms. The number of halogens is 1. The minimum absolute atomic E-state index is 0.00296. The van der Waals surface area contributed by atoms with Gasteiger partial charge in [-0.1, -0.05) is 11.6 Å². The maximum Gasteiger partial charge on any atom is 0.337 e. The van der Waals surface area contributed by atoms with Crippen molar-refractivity contribution in [2.24, 2.45) is 11.7 Å². The molecule has 1 aliphatic rings. The van der Waals surface area contributed by atoms with Gasteiger partial charge in [0.1, 0.15) is 0 Å². The van der Waals surface area contributed by atoms with Gasteiger partial charge in [0.05, 0.1) is 17.2 Å². The van der Waals surface area contributed by atoms with Crippen LogP contribution in [0.3, 0.4) is 0 Å². The van der Waals surface area contributed by atoms with E-state index >= 15 is 0 Å². The molecule has 1 fully saturated rings. The average molecular weight is 283 g/mol. The van der Waals surface area contributed by atoms with Crippen molar-refractivity contribution in [3.05, 3.63) is 28.8 Å². The van der Waals surface area contributed by atoms with Crippen molar-refractivity contribution < 1.29 is 19.5 Å². The molecule has 2 rings (SSSR count). The topological polar surface area (TPSA) is 101 Å². The normalized spacial score (nSPS) is 18.7. The second kappa shape index (κ2) is 4.89. The van der Waals surface area contributed by atoms with Crippen LogP contribution in [0, 0.1) is 5.92 Å². The van der Waals surface area contributed by atoms with Crippen LogP contribution < -0.4 is 10.6 Å². The Labute approximate surface area is 113 Å². The van der Waals surface area contributed by atoms with Crippen LogP contribution in [0.15, 0.2) is 18.2 Å². The Morgan fingerprint density at radius 2 is 2.11 bits per heavy atom. The molecule has 100 valence electrons. The lowest BCUT2D eigenvalue weighted by molar-refractivity contribution is -0.123. The van der Waals surface area contributed by atoms with E-state index in [-0.39, 0.29) is 35.1 Å². The quantitative estimate of drug-likeness (QED) is 0.859. The molecule has 0 radical (unpaired) electrons. The fourth-order valence-corrected chi connectivity index (χ4v) is 2.22. The Balaban J connectivity index is 2.40. The van der Waals surface area contributed by atoms with Gasteiger partial charge in [0.15, 0.2) is 0 Å². The third-order valence-electron chi connectivity index (χ3n) is 3.01. The summed E-state index contributed by atoms with van der Waals surface area (Å²) in [7, 11) is 0. The number of aromatic carboxylic acids is 1. The Morgan fingerprint density at radius 1 is 1.42 bits per heavy atom. The summed E-state index contributed by atoms with van der Waals surface area (Å²) < 4.78 is 0. The van der Waals surface area contributed by atoms with Crippen LogP contribution >= 0.6 is 11.6 Å². The van der Waals surface area contributed by atoms with Gasteiger partial charge in [0.25, 0.3) is 0 Å². The number of nitrogens with zero attached hydrogens (tertiary/aromatic N) is 1. The maximum absolute atomic E-state index is 11.8. The number of nitrogens with two attached hydrogens (primary N) is 1. The molecule has 7 heteroatoms.